The summed E-state index contributed by atoms with van der Waals surface area (Å²) in [6.07, 6.45) is 0. The van der Waals surface area contributed by atoms with Crippen molar-refractivity contribution in [3.05, 3.63) is 58.6 Å². The van der Waals surface area contributed by atoms with Crippen LogP contribution in [-0.4, -0.2) is 11.1 Å². The fourth-order valence-electron chi connectivity index (χ4n) is 1.43. The summed E-state index contributed by atoms with van der Waals surface area (Å²) >= 11 is 17.5. The molecule has 0 fully saturated rings. The number of halogens is 3. The third-order valence-corrected chi connectivity index (χ3v) is 3.42. The lowest BCUT2D eigenvalue weighted by atomic mass is 10.3. The molecule has 0 saturated carbocycles. The van der Waals surface area contributed by atoms with Crippen molar-refractivity contribution in [3.8, 4) is 0 Å². The van der Waals surface area contributed by atoms with Gasteiger partial charge in [-0.1, -0.05) is 53.0 Å². The lowest BCUT2D eigenvalue weighted by Crippen LogP contribution is -2.19. The van der Waals surface area contributed by atoms with E-state index in [0.29, 0.717) is 21.4 Å². The van der Waals surface area contributed by atoms with E-state index in [1.165, 1.54) is 0 Å². The molecule has 0 spiro atoms. The molecular weight excluding hydrogens is 333 g/mol. The van der Waals surface area contributed by atoms with Gasteiger partial charge in [-0.15, -0.1) is 0 Å². The number of nitrogens with one attached hydrogen (secondary N) is 2. The third-order valence-electron chi connectivity index (χ3n) is 2.42. The summed E-state index contributed by atoms with van der Waals surface area (Å²) in [5, 5.41) is 6.96. The number of carbonyl (C=O) groups is 1. The summed E-state index contributed by atoms with van der Waals surface area (Å²) in [6, 6.07) is 13.8. The molecule has 0 aromatic heterocycles. The van der Waals surface area contributed by atoms with Crippen LogP contribution >= 0.6 is 34.8 Å². The zero-order valence-corrected chi connectivity index (χ0v) is 12.9. The molecule has 4 nitrogen and oxygen atoms in total. The Bertz CT molecular complexity index is 674. The molecule has 0 aliphatic rings. The monoisotopic (exact) mass is 341 g/mol. The largest absolute Gasteiger partial charge is 0.320 e. The van der Waals surface area contributed by atoms with Crippen molar-refractivity contribution in [1.82, 2.24) is 0 Å². The molecule has 2 N–H and O–H groups in total. The number of nitrogens with zero attached hydrogens (tertiary/aromatic N) is 1. The van der Waals surface area contributed by atoms with E-state index < -0.39 is 5.91 Å². The van der Waals surface area contributed by atoms with Crippen molar-refractivity contribution in [1.29, 1.82) is 0 Å². The summed E-state index contributed by atoms with van der Waals surface area (Å²) in [7, 11) is 0. The van der Waals surface area contributed by atoms with E-state index in [0.717, 1.165) is 0 Å². The van der Waals surface area contributed by atoms with Gasteiger partial charge in [0.1, 0.15) is 0 Å². The van der Waals surface area contributed by atoms with Crippen LogP contribution in [0.2, 0.25) is 10.0 Å². The van der Waals surface area contributed by atoms with Crippen LogP contribution in [0.3, 0.4) is 0 Å². The molecule has 7 heteroatoms. The minimum absolute atomic E-state index is 0.232. The summed E-state index contributed by atoms with van der Waals surface area (Å²) in [5.41, 5.74) is 3.83. The number of rotatable bonds is 4. The van der Waals surface area contributed by atoms with E-state index >= 15 is 0 Å². The summed E-state index contributed by atoms with van der Waals surface area (Å²) < 4.78 is 0. The predicted octanol–water partition coefficient (Wildman–Crippen LogP) is 4.60. The van der Waals surface area contributed by atoms with Gasteiger partial charge in [0.25, 0.3) is 5.91 Å². The molecule has 0 saturated heterocycles. The third kappa shape index (κ3) is 4.63. The second-order valence-corrected chi connectivity index (χ2v) is 5.14. The number of hydrazone groups is 1. The van der Waals surface area contributed by atoms with Gasteiger partial charge in [0, 0.05) is 5.69 Å². The predicted molar refractivity (Wildman–Crippen MR) is 88.4 cm³/mol. The van der Waals surface area contributed by atoms with Gasteiger partial charge in [-0.05, 0) is 30.3 Å². The lowest BCUT2D eigenvalue weighted by Gasteiger charge is -2.05. The smallest absolute Gasteiger partial charge is 0.287 e. The number of hydrogen-bond acceptors (Lipinski definition) is 3. The van der Waals surface area contributed by atoms with E-state index in [-0.39, 0.29) is 5.17 Å². The van der Waals surface area contributed by atoms with Gasteiger partial charge in [0.05, 0.1) is 15.7 Å². The van der Waals surface area contributed by atoms with Crippen LogP contribution in [0.15, 0.2) is 53.6 Å². The van der Waals surface area contributed by atoms with E-state index in [1.807, 2.05) is 6.07 Å². The van der Waals surface area contributed by atoms with Gasteiger partial charge in [0.15, 0.2) is 0 Å². The number of anilines is 2. The molecule has 0 radical (unpaired) electrons. The number of carbonyl (C=O) groups excluding carboxylic acids is 1. The van der Waals surface area contributed by atoms with Crippen LogP contribution in [0.25, 0.3) is 0 Å². The number of amides is 1. The van der Waals surface area contributed by atoms with Crippen LogP contribution < -0.4 is 10.7 Å². The van der Waals surface area contributed by atoms with Gasteiger partial charge in [-0.25, -0.2) is 0 Å². The van der Waals surface area contributed by atoms with Crippen LogP contribution in [0.5, 0.6) is 0 Å². The summed E-state index contributed by atoms with van der Waals surface area (Å²) in [5.74, 6) is -0.518. The van der Waals surface area contributed by atoms with Crippen molar-refractivity contribution < 1.29 is 4.79 Å². The van der Waals surface area contributed by atoms with Crippen molar-refractivity contribution in [2.24, 2.45) is 5.10 Å². The van der Waals surface area contributed by atoms with Gasteiger partial charge in [-0.3, -0.25) is 10.2 Å². The summed E-state index contributed by atoms with van der Waals surface area (Å²) in [6.45, 7) is 0. The van der Waals surface area contributed by atoms with E-state index in [4.69, 9.17) is 34.8 Å². The van der Waals surface area contributed by atoms with Crippen LogP contribution in [0.1, 0.15) is 0 Å². The van der Waals surface area contributed by atoms with Crippen molar-refractivity contribution in [2.75, 3.05) is 10.7 Å². The van der Waals surface area contributed by atoms with Crippen molar-refractivity contribution in [3.63, 3.8) is 0 Å². The molecule has 0 aliphatic carbocycles. The molecule has 0 bridgehead atoms. The van der Waals surface area contributed by atoms with Gasteiger partial charge in [0.2, 0.25) is 5.17 Å². The molecule has 2 aromatic carbocycles. The van der Waals surface area contributed by atoms with Gasteiger partial charge in [-0.2, -0.15) is 5.10 Å². The van der Waals surface area contributed by atoms with Gasteiger partial charge < -0.3 is 5.32 Å². The quantitative estimate of drug-likeness (QED) is 0.630. The second-order valence-electron chi connectivity index (χ2n) is 3.96. The Balaban J connectivity index is 2.00. The minimum Gasteiger partial charge on any atom is -0.320 e. The Kier molecular flexibility index (Phi) is 5.44. The fraction of sp³-hybridized carbons (Fsp3) is 0. The average Bonchev–Trinajstić information content (AvgIpc) is 2.49. The maximum absolute atomic E-state index is 11.8. The Morgan fingerprint density at radius 2 is 1.67 bits per heavy atom. The number of hydrogen-bond donors (Lipinski definition) is 2. The van der Waals surface area contributed by atoms with Crippen LogP contribution in [0, 0.1) is 0 Å². The zero-order chi connectivity index (χ0) is 15.2. The van der Waals surface area contributed by atoms with E-state index in [1.54, 1.807) is 42.5 Å². The van der Waals surface area contributed by atoms with E-state index in [2.05, 4.69) is 15.8 Å². The maximum atomic E-state index is 11.8. The normalized spacial score (nSPS) is 11.1. The molecular formula is C14H10Cl3N3O. The molecule has 0 aliphatic heterocycles. The van der Waals surface area contributed by atoms with E-state index in [9.17, 15) is 4.79 Å². The molecule has 0 atom stereocenters. The molecule has 0 unspecified atom stereocenters. The van der Waals surface area contributed by atoms with Crippen LogP contribution in [0.4, 0.5) is 11.4 Å². The highest BCUT2D eigenvalue weighted by molar-refractivity contribution is 6.84. The first-order chi connectivity index (χ1) is 10.1. The highest BCUT2D eigenvalue weighted by Gasteiger charge is 2.08. The zero-order valence-electron chi connectivity index (χ0n) is 10.6. The Labute approximate surface area is 136 Å². The minimum atomic E-state index is -0.518. The second kappa shape index (κ2) is 7.31. The first-order valence-corrected chi connectivity index (χ1v) is 7.00. The lowest BCUT2D eigenvalue weighted by molar-refractivity contribution is -0.110. The highest BCUT2D eigenvalue weighted by atomic mass is 35.5. The first-order valence-electron chi connectivity index (χ1n) is 5.87. The fourth-order valence-corrected chi connectivity index (χ4v) is 1.82. The standard InChI is InChI=1S/C14H10Cl3N3O/c15-11-7-6-10(8-12(11)16)19-20-13(17)14(21)18-9-4-2-1-3-5-9/h1-8,19H,(H,18,21)/b20-13-. The van der Waals surface area contributed by atoms with Crippen molar-refractivity contribution in [2.45, 2.75) is 0 Å². The average molecular weight is 343 g/mol. The SMILES string of the molecule is O=C(Nc1ccccc1)/C(Cl)=N/Nc1ccc(Cl)c(Cl)c1. The topological polar surface area (TPSA) is 53.5 Å². The Morgan fingerprint density at radius 1 is 0.952 bits per heavy atom. The summed E-state index contributed by atoms with van der Waals surface area (Å²) in [4.78, 5) is 11.8. The molecule has 2 aromatic rings. The first kappa shape index (κ1) is 15.6. The molecule has 1 amide bonds. The Morgan fingerprint density at radius 3 is 2.33 bits per heavy atom. The molecule has 108 valence electrons. The van der Waals surface area contributed by atoms with Crippen molar-refractivity contribution >= 4 is 57.3 Å². The molecule has 21 heavy (non-hydrogen) atoms. The molecule has 2 rings (SSSR count). The molecule has 0 heterocycles. The van der Waals surface area contributed by atoms with Crippen LogP contribution in [-0.2, 0) is 4.79 Å². The highest BCUT2D eigenvalue weighted by Crippen LogP contribution is 2.25. The number of benzene rings is 2. The number of para-hydroxylation sites is 1. The maximum Gasteiger partial charge on any atom is 0.287 e. The van der Waals surface area contributed by atoms with Gasteiger partial charge >= 0.3 is 0 Å². The Hall–Kier alpha value is -1.75.